The highest BCUT2D eigenvalue weighted by Gasteiger charge is 2.27. The zero-order valence-corrected chi connectivity index (χ0v) is 21.3. The number of aryl methyl sites for hydroxylation is 1. The molecule has 4 aromatic rings. The number of nitrogens with two attached hydrogens (primary N) is 1. The molecule has 0 bridgehead atoms. The molecule has 0 aliphatic heterocycles. The van der Waals surface area contributed by atoms with Gasteiger partial charge in [-0.15, -0.1) is 0 Å². The summed E-state index contributed by atoms with van der Waals surface area (Å²) in [6.45, 7) is 6.46. The Morgan fingerprint density at radius 3 is 2.59 bits per heavy atom. The van der Waals surface area contributed by atoms with Crippen LogP contribution in [0, 0.1) is 5.41 Å². The second kappa shape index (κ2) is 8.95. The van der Waals surface area contributed by atoms with E-state index in [9.17, 15) is 14.4 Å². The van der Waals surface area contributed by atoms with Crippen LogP contribution < -0.4 is 16.6 Å². The lowest BCUT2D eigenvalue weighted by Gasteiger charge is -2.26. The quantitative estimate of drug-likeness (QED) is 0.438. The maximum atomic E-state index is 13.4. The van der Waals surface area contributed by atoms with Crippen LogP contribution in [0.5, 0.6) is 0 Å². The van der Waals surface area contributed by atoms with Crippen molar-refractivity contribution in [3.05, 3.63) is 64.1 Å². The maximum absolute atomic E-state index is 13.4. The van der Waals surface area contributed by atoms with E-state index in [1.54, 1.807) is 22.9 Å². The van der Waals surface area contributed by atoms with Crippen LogP contribution in [0.1, 0.15) is 60.0 Å². The lowest BCUT2D eigenvalue weighted by Crippen LogP contribution is -2.37. The minimum absolute atomic E-state index is 0.0428. The number of carbonyl (C=O) groups is 2. The topological polar surface area (TPSA) is 138 Å². The van der Waals surface area contributed by atoms with Gasteiger partial charge in [0.15, 0.2) is 5.78 Å². The van der Waals surface area contributed by atoms with E-state index < -0.39 is 11.5 Å². The SMILES string of the molecule is Cn1cc(-c2ccc(NC(=O)c3cc4c(n(CC(C)(C)C)c3=O)CCCC4=O)nc2)c2c(N)ncnc21. The van der Waals surface area contributed by atoms with Gasteiger partial charge in [0, 0.05) is 54.8 Å². The first-order chi connectivity index (χ1) is 17.5. The summed E-state index contributed by atoms with van der Waals surface area (Å²) in [5.74, 6) is 0.00571. The van der Waals surface area contributed by atoms with Crippen molar-refractivity contribution < 1.29 is 9.59 Å². The molecule has 5 rings (SSSR count). The molecule has 1 amide bonds. The molecular formula is C27H29N7O3. The number of aromatic nitrogens is 5. The minimum atomic E-state index is -0.600. The van der Waals surface area contributed by atoms with Crippen LogP contribution in [0.15, 0.2) is 41.7 Å². The van der Waals surface area contributed by atoms with Crippen LogP contribution in [-0.2, 0) is 20.0 Å². The van der Waals surface area contributed by atoms with Gasteiger partial charge < -0.3 is 20.2 Å². The summed E-state index contributed by atoms with van der Waals surface area (Å²) in [6.07, 6.45) is 6.68. The van der Waals surface area contributed by atoms with Crippen molar-refractivity contribution in [2.45, 2.75) is 46.6 Å². The number of nitrogens with one attached hydrogen (secondary N) is 1. The minimum Gasteiger partial charge on any atom is -0.383 e. The first kappa shape index (κ1) is 24.4. The Balaban J connectivity index is 1.47. The van der Waals surface area contributed by atoms with E-state index in [0.717, 1.165) is 16.5 Å². The van der Waals surface area contributed by atoms with Crippen LogP contribution in [0.25, 0.3) is 22.2 Å². The Bertz CT molecular complexity index is 1610. The fourth-order valence-corrected chi connectivity index (χ4v) is 4.83. The smallest absolute Gasteiger partial charge is 0.263 e. The first-order valence-corrected chi connectivity index (χ1v) is 12.2. The Kier molecular flexibility index (Phi) is 5.89. The predicted octanol–water partition coefficient (Wildman–Crippen LogP) is 3.59. The Morgan fingerprint density at radius 2 is 1.89 bits per heavy atom. The fourth-order valence-electron chi connectivity index (χ4n) is 4.83. The summed E-state index contributed by atoms with van der Waals surface area (Å²) in [5.41, 5.74) is 8.89. The highest BCUT2D eigenvalue weighted by Crippen LogP contribution is 2.32. The summed E-state index contributed by atoms with van der Waals surface area (Å²) >= 11 is 0. The molecule has 1 aliphatic carbocycles. The molecule has 0 aromatic carbocycles. The average Bonchev–Trinajstić information content (AvgIpc) is 3.18. The molecule has 190 valence electrons. The van der Waals surface area contributed by atoms with Gasteiger partial charge in [-0.25, -0.2) is 15.0 Å². The Labute approximate surface area is 213 Å². The molecule has 0 saturated carbocycles. The number of pyridine rings is 2. The van der Waals surface area contributed by atoms with Gasteiger partial charge in [-0.3, -0.25) is 14.4 Å². The van der Waals surface area contributed by atoms with Gasteiger partial charge in [-0.1, -0.05) is 20.8 Å². The molecule has 3 N–H and O–H groups in total. The zero-order chi connectivity index (χ0) is 26.5. The molecule has 4 aromatic heterocycles. The average molecular weight is 500 g/mol. The van der Waals surface area contributed by atoms with Crippen LogP contribution in [0.4, 0.5) is 11.6 Å². The second-order valence-corrected chi connectivity index (χ2v) is 10.6. The number of amides is 1. The van der Waals surface area contributed by atoms with Crippen molar-refractivity contribution in [3.63, 3.8) is 0 Å². The number of Topliss-reactive ketones (excluding diaryl/α,β-unsaturated/α-hetero) is 1. The lowest BCUT2D eigenvalue weighted by atomic mass is 9.91. The molecule has 1 aliphatic rings. The van der Waals surface area contributed by atoms with Crippen molar-refractivity contribution in [1.29, 1.82) is 0 Å². The first-order valence-electron chi connectivity index (χ1n) is 12.2. The molecule has 0 atom stereocenters. The largest absolute Gasteiger partial charge is 0.383 e. The van der Waals surface area contributed by atoms with E-state index in [0.29, 0.717) is 48.5 Å². The number of hydrogen-bond donors (Lipinski definition) is 2. The standard InChI is InChI=1S/C27H29N7O3/c1-27(2,3)13-34-19-6-5-7-20(35)16(19)10-17(26(34)37)25(36)32-21-9-8-15(11-29-21)18-12-33(4)24-22(18)23(28)30-14-31-24/h8-12,14H,5-7,13H2,1-4H3,(H2,28,30,31)(H,29,32,36). The van der Waals surface area contributed by atoms with Gasteiger partial charge in [0.2, 0.25) is 0 Å². The van der Waals surface area contributed by atoms with Crippen molar-refractivity contribution in [1.82, 2.24) is 24.1 Å². The Morgan fingerprint density at radius 1 is 1.11 bits per heavy atom. The van der Waals surface area contributed by atoms with Crippen LogP contribution in [-0.4, -0.2) is 35.8 Å². The molecule has 10 heteroatoms. The molecule has 0 spiro atoms. The number of anilines is 2. The number of ketones is 1. The summed E-state index contributed by atoms with van der Waals surface area (Å²) < 4.78 is 3.46. The van der Waals surface area contributed by atoms with Gasteiger partial charge in [0.1, 0.15) is 29.2 Å². The molecule has 0 unspecified atom stereocenters. The normalized spacial score (nSPS) is 13.6. The van der Waals surface area contributed by atoms with Gasteiger partial charge >= 0.3 is 0 Å². The van der Waals surface area contributed by atoms with E-state index in [4.69, 9.17) is 5.73 Å². The van der Waals surface area contributed by atoms with Crippen LogP contribution in [0.3, 0.4) is 0 Å². The third-order valence-electron chi connectivity index (χ3n) is 6.49. The summed E-state index contributed by atoms with van der Waals surface area (Å²) in [6, 6.07) is 4.91. The highest BCUT2D eigenvalue weighted by molar-refractivity contribution is 6.06. The van der Waals surface area contributed by atoms with Gasteiger partial charge in [-0.05, 0) is 36.5 Å². The van der Waals surface area contributed by atoms with Crippen molar-refractivity contribution >= 4 is 34.4 Å². The summed E-state index contributed by atoms with van der Waals surface area (Å²) in [5, 5.41) is 3.44. The summed E-state index contributed by atoms with van der Waals surface area (Å²) in [7, 11) is 1.87. The highest BCUT2D eigenvalue weighted by atomic mass is 16.2. The molecule has 4 heterocycles. The Hall–Kier alpha value is -4.34. The van der Waals surface area contributed by atoms with Crippen LogP contribution >= 0.6 is 0 Å². The number of rotatable bonds is 4. The van der Waals surface area contributed by atoms with Crippen molar-refractivity contribution in [3.8, 4) is 11.1 Å². The summed E-state index contributed by atoms with van der Waals surface area (Å²) in [4.78, 5) is 52.0. The van der Waals surface area contributed by atoms with Crippen molar-refractivity contribution in [2.75, 3.05) is 11.1 Å². The number of fused-ring (bicyclic) bond motifs is 2. The lowest BCUT2D eigenvalue weighted by molar-refractivity contribution is 0.0969. The van der Waals surface area contributed by atoms with E-state index in [1.165, 1.54) is 12.4 Å². The molecule has 0 saturated heterocycles. The fraction of sp³-hybridized carbons (Fsp3) is 0.333. The third kappa shape index (κ3) is 4.50. The van der Waals surface area contributed by atoms with E-state index in [1.807, 2.05) is 38.6 Å². The van der Waals surface area contributed by atoms with Gasteiger partial charge in [-0.2, -0.15) is 0 Å². The van der Waals surface area contributed by atoms with E-state index in [-0.39, 0.29) is 22.6 Å². The monoisotopic (exact) mass is 499 g/mol. The molecule has 10 nitrogen and oxygen atoms in total. The van der Waals surface area contributed by atoms with E-state index in [2.05, 4.69) is 20.3 Å². The third-order valence-corrected chi connectivity index (χ3v) is 6.49. The van der Waals surface area contributed by atoms with Crippen molar-refractivity contribution in [2.24, 2.45) is 12.5 Å². The molecule has 37 heavy (non-hydrogen) atoms. The van der Waals surface area contributed by atoms with E-state index >= 15 is 0 Å². The van der Waals surface area contributed by atoms with Gasteiger partial charge in [0.05, 0.1) is 5.39 Å². The number of nitrogen functional groups attached to an aromatic ring is 1. The number of carbonyl (C=O) groups excluding carboxylic acids is 2. The molecular weight excluding hydrogens is 470 g/mol. The zero-order valence-electron chi connectivity index (χ0n) is 21.3. The predicted molar refractivity (Wildman–Crippen MR) is 142 cm³/mol. The second-order valence-electron chi connectivity index (χ2n) is 10.6. The molecule has 0 fully saturated rings. The molecule has 0 radical (unpaired) electrons. The number of hydrogen-bond acceptors (Lipinski definition) is 7. The van der Waals surface area contributed by atoms with Crippen LogP contribution in [0.2, 0.25) is 0 Å². The maximum Gasteiger partial charge on any atom is 0.263 e. The number of nitrogens with zero attached hydrogens (tertiary/aromatic N) is 5. The van der Waals surface area contributed by atoms with Gasteiger partial charge in [0.25, 0.3) is 11.5 Å².